The summed E-state index contributed by atoms with van der Waals surface area (Å²) < 4.78 is 25.8. The summed E-state index contributed by atoms with van der Waals surface area (Å²) in [4.78, 5) is 41.8. The summed E-state index contributed by atoms with van der Waals surface area (Å²) in [6.07, 6.45) is 23.1. The van der Waals surface area contributed by atoms with Gasteiger partial charge in [0.25, 0.3) is 0 Å². The highest BCUT2D eigenvalue weighted by Crippen LogP contribution is 2.35. The van der Waals surface area contributed by atoms with Crippen LogP contribution in [0.5, 0.6) is 0 Å². The Labute approximate surface area is 225 Å². The lowest BCUT2D eigenvalue weighted by Crippen LogP contribution is -2.29. The van der Waals surface area contributed by atoms with Gasteiger partial charge in [0, 0.05) is 12.8 Å². The Morgan fingerprint density at radius 2 is 1.14 bits per heavy atom. The smallest absolute Gasteiger partial charge is 0.462 e. The number of allylic oxidation sites excluding steroid dienone is 2. The van der Waals surface area contributed by atoms with Gasteiger partial charge in [0.05, 0.1) is 6.61 Å². The normalized spacial score (nSPS) is 12.6. The number of rotatable bonds is 26. The van der Waals surface area contributed by atoms with Gasteiger partial charge in [-0.05, 0) is 38.5 Å². The number of ether oxygens (including phenoxy) is 2. The third-order valence-electron chi connectivity index (χ3n) is 6.03. The van der Waals surface area contributed by atoms with Crippen LogP contribution in [0.2, 0.25) is 0 Å². The van der Waals surface area contributed by atoms with Crippen molar-refractivity contribution in [3.05, 3.63) is 12.2 Å². The maximum atomic E-state index is 12.2. The molecule has 8 nitrogen and oxygen atoms in total. The molecule has 0 rings (SSSR count). The zero-order chi connectivity index (χ0) is 27.6. The van der Waals surface area contributed by atoms with E-state index >= 15 is 0 Å². The summed E-state index contributed by atoms with van der Waals surface area (Å²) in [6, 6.07) is 0. The molecule has 0 bridgehead atoms. The number of esters is 2. The van der Waals surface area contributed by atoms with Crippen molar-refractivity contribution in [2.45, 2.75) is 142 Å². The highest BCUT2D eigenvalue weighted by Gasteiger charge is 2.22. The van der Waals surface area contributed by atoms with Gasteiger partial charge in [-0.2, -0.15) is 0 Å². The molecule has 0 aromatic carbocycles. The van der Waals surface area contributed by atoms with E-state index in [4.69, 9.17) is 19.3 Å². The molecule has 0 saturated heterocycles. The molecule has 0 spiro atoms. The predicted octanol–water partition coefficient (Wildman–Crippen LogP) is 7.56. The third-order valence-corrected chi connectivity index (χ3v) is 6.52. The third kappa shape index (κ3) is 27.6. The highest BCUT2D eigenvalue weighted by molar-refractivity contribution is 7.46. The van der Waals surface area contributed by atoms with Crippen LogP contribution < -0.4 is 0 Å². The second-order valence-corrected chi connectivity index (χ2v) is 11.0. The van der Waals surface area contributed by atoms with Crippen LogP contribution in [0.4, 0.5) is 0 Å². The van der Waals surface area contributed by atoms with E-state index in [-0.39, 0.29) is 19.4 Å². The Kier molecular flexibility index (Phi) is 24.3. The second kappa shape index (κ2) is 25.1. The van der Waals surface area contributed by atoms with Crippen molar-refractivity contribution in [3.8, 4) is 0 Å². The van der Waals surface area contributed by atoms with E-state index in [0.717, 1.165) is 44.9 Å². The number of carbonyl (C=O) groups is 2. The molecule has 2 N–H and O–H groups in total. The lowest BCUT2D eigenvalue weighted by molar-refractivity contribution is -0.161. The van der Waals surface area contributed by atoms with Gasteiger partial charge in [-0.25, -0.2) is 4.57 Å². The van der Waals surface area contributed by atoms with E-state index in [9.17, 15) is 14.2 Å². The van der Waals surface area contributed by atoms with Crippen LogP contribution in [-0.4, -0.2) is 41.0 Å². The molecule has 0 heterocycles. The molecule has 0 aliphatic carbocycles. The molecule has 1 unspecified atom stereocenters. The van der Waals surface area contributed by atoms with Gasteiger partial charge in [-0.1, -0.05) is 96.6 Å². The van der Waals surface area contributed by atoms with Crippen LogP contribution in [0.3, 0.4) is 0 Å². The molecule has 0 amide bonds. The lowest BCUT2D eigenvalue weighted by Gasteiger charge is -2.18. The molecule has 0 radical (unpaired) electrons. The van der Waals surface area contributed by atoms with E-state index in [1.807, 2.05) is 6.92 Å². The summed E-state index contributed by atoms with van der Waals surface area (Å²) >= 11 is 0. The molecule has 0 aliphatic heterocycles. The van der Waals surface area contributed by atoms with Crippen LogP contribution in [-0.2, 0) is 28.2 Å². The maximum Gasteiger partial charge on any atom is 0.469 e. The first-order valence-corrected chi connectivity index (χ1v) is 16.0. The minimum absolute atomic E-state index is 0.204. The number of hydrogen-bond donors (Lipinski definition) is 2. The molecule has 9 heteroatoms. The molecular formula is C28H53O8P. The van der Waals surface area contributed by atoms with Gasteiger partial charge in [0.1, 0.15) is 6.61 Å². The zero-order valence-corrected chi connectivity index (χ0v) is 24.3. The van der Waals surface area contributed by atoms with Crippen molar-refractivity contribution < 1.29 is 37.9 Å². The summed E-state index contributed by atoms with van der Waals surface area (Å²) in [5.41, 5.74) is 0. The molecule has 37 heavy (non-hydrogen) atoms. The average Bonchev–Trinajstić information content (AvgIpc) is 2.85. The van der Waals surface area contributed by atoms with Crippen LogP contribution in [0, 0.1) is 0 Å². The van der Waals surface area contributed by atoms with Crippen molar-refractivity contribution in [2.24, 2.45) is 0 Å². The van der Waals surface area contributed by atoms with Crippen molar-refractivity contribution in [1.29, 1.82) is 0 Å². The van der Waals surface area contributed by atoms with Gasteiger partial charge < -0.3 is 19.3 Å². The van der Waals surface area contributed by atoms with Crippen molar-refractivity contribution in [2.75, 3.05) is 13.2 Å². The fourth-order valence-electron chi connectivity index (χ4n) is 3.84. The van der Waals surface area contributed by atoms with Gasteiger partial charge >= 0.3 is 19.8 Å². The van der Waals surface area contributed by atoms with Gasteiger partial charge in [0.2, 0.25) is 0 Å². The molecule has 0 aliphatic rings. The number of unbranched alkanes of at least 4 members (excludes halogenated alkanes) is 14. The predicted molar refractivity (Wildman–Crippen MR) is 147 cm³/mol. The van der Waals surface area contributed by atoms with E-state index in [2.05, 4.69) is 23.6 Å². The van der Waals surface area contributed by atoms with Crippen molar-refractivity contribution in [3.63, 3.8) is 0 Å². The molecular weight excluding hydrogens is 495 g/mol. The summed E-state index contributed by atoms with van der Waals surface area (Å²) in [7, 11) is -4.72. The monoisotopic (exact) mass is 548 g/mol. The molecule has 218 valence electrons. The quantitative estimate of drug-likeness (QED) is 0.0492. The number of carbonyl (C=O) groups excluding carboxylic acids is 2. The van der Waals surface area contributed by atoms with E-state index in [0.29, 0.717) is 12.8 Å². The molecule has 0 aromatic heterocycles. The fourth-order valence-corrected chi connectivity index (χ4v) is 4.20. The zero-order valence-electron chi connectivity index (χ0n) is 23.4. The van der Waals surface area contributed by atoms with E-state index in [1.165, 1.54) is 51.4 Å². The minimum atomic E-state index is -4.72. The number of phosphoric acid groups is 1. The Hall–Kier alpha value is -1.21. The van der Waals surface area contributed by atoms with Crippen LogP contribution in [0.25, 0.3) is 0 Å². The van der Waals surface area contributed by atoms with E-state index in [1.54, 1.807) is 0 Å². The van der Waals surface area contributed by atoms with Crippen LogP contribution >= 0.6 is 7.82 Å². The summed E-state index contributed by atoms with van der Waals surface area (Å²) in [5.74, 6) is -0.923. The lowest BCUT2D eigenvalue weighted by atomic mass is 10.1. The molecule has 1 atom stereocenters. The summed E-state index contributed by atoms with van der Waals surface area (Å²) in [6.45, 7) is 3.44. The van der Waals surface area contributed by atoms with E-state index < -0.39 is 32.5 Å². The first-order valence-electron chi connectivity index (χ1n) is 14.5. The highest BCUT2D eigenvalue weighted by atomic mass is 31.2. The minimum Gasteiger partial charge on any atom is -0.462 e. The number of phosphoric ester groups is 1. The van der Waals surface area contributed by atoms with Crippen LogP contribution in [0.15, 0.2) is 12.2 Å². The van der Waals surface area contributed by atoms with Gasteiger partial charge in [-0.3, -0.25) is 14.1 Å². The number of hydrogen-bond acceptors (Lipinski definition) is 6. The maximum absolute atomic E-state index is 12.2. The first-order chi connectivity index (χ1) is 17.8. The first kappa shape index (κ1) is 35.8. The largest absolute Gasteiger partial charge is 0.469 e. The van der Waals surface area contributed by atoms with Crippen molar-refractivity contribution >= 4 is 19.8 Å². The topological polar surface area (TPSA) is 119 Å². The SMILES string of the molecule is CCCCCCCCC/C=C\CCCCCCCC(=O)OC(COC(=O)CCCCC)COP(=O)(O)O. The standard InChI is InChI=1S/C28H53O8P/c1-3-5-7-8-9-10-11-12-13-14-15-16-17-18-19-21-23-28(30)36-26(25-35-37(31,32)33)24-34-27(29)22-20-6-4-2/h13-14,26H,3-12,15-25H2,1-2H3,(H2,31,32,33)/b14-13-. The van der Waals surface area contributed by atoms with Crippen molar-refractivity contribution in [1.82, 2.24) is 0 Å². The molecule has 0 fully saturated rings. The Balaban J connectivity index is 3.91. The van der Waals surface area contributed by atoms with Gasteiger partial charge in [-0.15, -0.1) is 0 Å². The van der Waals surface area contributed by atoms with Crippen LogP contribution in [0.1, 0.15) is 136 Å². The Morgan fingerprint density at radius 3 is 1.70 bits per heavy atom. The molecule has 0 aromatic rings. The second-order valence-electron chi connectivity index (χ2n) is 9.73. The Morgan fingerprint density at radius 1 is 0.676 bits per heavy atom. The molecule has 0 saturated carbocycles. The Bertz CT molecular complexity index is 632. The summed E-state index contributed by atoms with van der Waals surface area (Å²) in [5, 5.41) is 0. The average molecular weight is 549 g/mol. The van der Waals surface area contributed by atoms with Gasteiger partial charge in [0.15, 0.2) is 6.10 Å². The fraction of sp³-hybridized carbons (Fsp3) is 0.857.